The third kappa shape index (κ3) is 6.04. The zero-order chi connectivity index (χ0) is 23.3. The monoisotopic (exact) mass is 497 g/mol. The van der Waals surface area contributed by atoms with Crippen LogP contribution in [0.1, 0.15) is 43.7 Å². The molecule has 8 heteroatoms. The Kier molecular flexibility index (Phi) is 8.62. The number of esters is 1. The molecule has 0 radical (unpaired) electrons. The first-order valence-corrected chi connectivity index (χ1v) is 13.1. The summed E-state index contributed by atoms with van der Waals surface area (Å²) in [5.74, 6) is -0.0731. The van der Waals surface area contributed by atoms with E-state index in [-0.39, 0.29) is 29.2 Å². The Morgan fingerprint density at radius 2 is 1.72 bits per heavy atom. The van der Waals surface area contributed by atoms with Crippen LogP contribution in [-0.4, -0.2) is 31.8 Å². The Morgan fingerprint density at radius 1 is 1.06 bits per heavy atom. The van der Waals surface area contributed by atoms with Gasteiger partial charge in [0.1, 0.15) is 0 Å². The summed E-state index contributed by atoms with van der Waals surface area (Å²) in [4.78, 5) is 12.3. The average Bonchev–Trinajstić information content (AvgIpc) is 2.77. The molecule has 1 aliphatic carbocycles. The van der Waals surface area contributed by atoms with E-state index < -0.39 is 10.0 Å². The van der Waals surface area contributed by atoms with Crippen molar-refractivity contribution in [3.8, 4) is 0 Å². The first-order chi connectivity index (χ1) is 15.2. The highest BCUT2D eigenvalue weighted by atomic mass is 35.5. The van der Waals surface area contributed by atoms with Gasteiger partial charge in [-0.25, -0.2) is 8.42 Å². The molecule has 32 heavy (non-hydrogen) atoms. The summed E-state index contributed by atoms with van der Waals surface area (Å²) in [6, 6.07) is 12.2. The number of rotatable bonds is 8. The fourth-order valence-corrected chi connectivity index (χ4v) is 6.28. The number of carbonyl (C=O) groups is 1. The smallest absolute Gasteiger partial charge is 0.308 e. The van der Waals surface area contributed by atoms with E-state index in [2.05, 4.69) is 0 Å². The van der Waals surface area contributed by atoms with Crippen LogP contribution in [0.3, 0.4) is 0 Å². The van der Waals surface area contributed by atoms with Crippen LogP contribution in [-0.2, 0) is 26.1 Å². The highest BCUT2D eigenvalue weighted by molar-refractivity contribution is 7.89. The molecule has 174 valence electrons. The second kappa shape index (κ2) is 11.0. The van der Waals surface area contributed by atoms with Crippen molar-refractivity contribution in [2.24, 2.45) is 11.8 Å². The van der Waals surface area contributed by atoms with Crippen molar-refractivity contribution >= 4 is 39.2 Å². The molecule has 1 fully saturated rings. The molecule has 0 amide bonds. The van der Waals surface area contributed by atoms with Crippen molar-refractivity contribution < 1.29 is 17.9 Å². The summed E-state index contributed by atoms with van der Waals surface area (Å²) in [6.07, 6.45) is 3.00. The molecule has 0 aliphatic heterocycles. The lowest BCUT2D eigenvalue weighted by Crippen LogP contribution is -2.37. The fraction of sp³-hybridized carbons (Fsp3) is 0.458. The van der Waals surface area contributed by atoms with Crippen LogP contribution in [0.5, 0.6) is 0 Å². The number of nitrogens with zero attached hydrogens (tertiary/aromatic N) is 1. The van der Waals surface area contributed by atoms with Gasteiger partial charge in [-0.3, -0.25) is 4.79 Å². The highest BCUT2D eigenvalue weighted by Crippen LogP contribution is 2.33. The number of halogens is 2. The molecule has 0 unspecified atom stereocenters. The SMILES string of the molecule is CCOC(=O)C1CCC(CN(Cc2ccc(Cl)cc2)S(=O)(=O)c2cccc(Cl)c2C)CC1. The van der Waals surface area contributed by atoms with Crippen LogP contribution < -0.4 is 0 Å². The molecule has 0 saturated heterocycles. The van der Waals surface area contributed by atoms with E-state index in [1.54, 1.807) is 44.2 Å². The van der Waals surface area contributed by atoms with Crippen molar-refractivity contribution in [3.05, 3.63) is 63.6 Å². The maximum absolute atomic E-state index is 13.7. The molecule has 0 heterocycles. The molecule has 1 saturated carbocycles. The average molecular weight is 498 g/mol. The van der Waals surface area contributed by atoms with Crippen LogP contribution in [0, 0.1) is 18.8 Å². The zero-order valence-corrected chi connectivity index (χ0v) is 20.7. The Morgan fingerprint density at radius 3 is 2.34 bits per heavy atom. The molecule has 0 atom stereocenters. The predicted octanol–water partition coefficient (Wildman–Crippen LogP) is 5.86. The van der Waals surface area contributed by atoms with Gasteiger partial charge in [0.2, 0.25) is 10.0 Å². The van der Waals surface area contributed by atoms with Crippen LogP contribution in [0.2, 0.25) is 10.0 Å². The second-order valence-electron chi connectivity index (χ2n) is 8.26. The first kappa shape index (κ1) is 25.0. The van der Waals surface area contributed by atoms with Crippen LogP contribution in [0.15, 0.2) is 47.4 Å². The van der Waals surface area contributed by atoms with Gasteiger partial charge in [-0.2, -0.15) is 4.31 Å². The van der Waals surface area contributed by atoms with Gasteiger partial charge in [-0.05, 0) is 80.8 Å². The van der Waals surface area contributed by atoms with Crippen LogP contribution >= 0.6 is 23.2 Å². The minimum atomic E-state index is -3.78. The van der Waals surface area contributed by atoms with Gasteiger partial charge in [-0.15, -0.1) is 0 Å². The van der Waals surface area contributed by atoms with Gasteiger partial charge < -0.3 is 4.74 Å². The van der Waals surface area contributed by atoms with E-state index in [9.17, 15) is 13.2 Å². The number of carbonyl (C=O) groups excluding carboxylic acids is 1. The van der Waals surface area contributed by atoms with Gasteiger partial charge >= 0.3 is 5.97 Å². The van der Waals surface area contributed by atoms with Crippen LogP contribution in [0.25, 0.3) is 0 Å². The highest BCUT2D eigenvalue weighted by Gasteiger charge is 2.33. The summed E-state index contributed by atoms with van der Waals surface area (Å²) in [7, 11) is -3.78. The molecule has 2 aromatic carbocycles. The maximum atomic E-state index is 13.7. The number of hydrogen-bond acceptors (Lipinski definition) is 4. The number of benzene rings is 2. The zero-order valence-electron chi connectivity index (χ0n) is 18.4. The lowest BCUT2D eigenvalue weighted by Gasteiger charge is -2.32. The predicted molar refractivity (Wildman–Crippen MR) is 127 cm³/mol. The van der Waals surface area contributed by atoms with Gasteiger partial charge in [-0.1, -0.05) is 41.4 Å². The van der Waals surface area contributed by atoms with E-state index in [1.165, 1.54) is 4.31 Å². The third-order valence-corrected chi connectivity index (χ3v) is 8.65. The standard InChI is InChI=1S/C24H29Cl2NO4S/c1-3-31-24(28)20-11-7-18(8-12-20)15-27(16-19-9-13-21(25)14-10-19)32(29,30)23-6-4-5-22(26)17(23)2/h4-6,9-10,13-14,18,20H,3,7-8,11-12,15-16H2,1-2H3. The van der Waals surface area contributed by atoms with Crippen molar-refractivity contribution in [1.29, 1.82) is 0 Å². The molecule has 0 N–H and O–H groups in total. The van der Waals surface area contributed by atoms with E-state index in [1.807, 2.05) is 12.1 Å². The summed E-state index contributed by atoms with van der Waals surface area (Å²) >= 11 is 12.2. The fourth-order valence-electron chi connectivity index (χ4n) is 4.18. The molecule has 3 rings (SSSR count). The van der Waals surface area contributed by atoms with E-state index in [4.69, 9.17) is 27.9 Å². The normalized spacial score (nSPS) is 19.2. The Labute approximate surface area is 200 Å². The van der Waals surface area contributed by atoms with E-state index in [0.717, 1.165) is 18.4 Å². The molecule has 0 spiro atoms. The Balaban J connectivity index is 1.82. The van der Waals surface area contributed by atoms with Gasteiger partial charge in [0, 0.05) is 23.1 Å². The minimum absolute atomic E-state index is 0.0947. The first-order valence-electron chi connectivity index (χ1n) is 10.9. The number of sulfonamides is 1. The molecule has 0 aromatic heterocycles. The van der Waals surface area contributed by atoms with Crippen molar-refractivity contribution in [2.75, 3.05) is 13.2 Å². The molecule has 1 aliphatic rings. The molecule has 0 bridgehead atoms. The summed E-state index contributed by atoms with van der Waals surface area (Å²) in [5.41, 5.74) is 1.40. The van der Waals surface area contributed by atoms with Crippen molar-refractivity contribution in [2.45, 2.75) is 51.0 Å². The van der Waals surface area contributed by atoms with E-state index in [0.29, 0.717) is 41.6 Å². The molecular weight excluding hydrogens is 469 g/mol. The van der Waals surface area contributed by atoms with Crippen LogP contribution in [0.4, 0.5) is 0 Å². The third-order valence-electron chi connectivity index (χ3n) is 6.04. The maximum Gasteiger partial charge on any atom is 0.308 e. The molecule has 2 aromatic rings. The Bertz CT molecular complexity index is 1030. The summed E-state index contributed by atoms with van der Waals surface area (Å²) in [6.45, 7) is 4.53. The van der Waals surface area contributed by atoms with Crippen molar-refractivity contribution in [3.63, 3.8) is 0 Å². The van der Waals surface area contributed by atoms with Crippen molar-refractivity contribution in [1.82, 2.24) is 4.31 Å². The Hall–Kier alpha value is -1.60. The van der Waals surface area contributed by atoms with Gasteiger partial charge in [0.05, 0.1) is 17.4 Å². The lowest BCUT2D eigenvalue weighted by molar-refractivity contribution is -0.149. The molecular formula is C24H29Cl2NO4S. The van der Waals surface area contributed by atoms with E-state index >= 15 is 0 Å². The van der Waals surface area contributed by atoms with Gasteiger partial charge in [0.25, 0.3) is 0 Å². The summed E-state index contributed by atoms with van der Waals surface area (Å²) < 4.78 is 34.0. The number of hydrogen-bond donors (Lipinski definition) is 0. The number of ether oxygens (including phenoxy) is 1. The molecule has 5 nitrogen and oxygen atoms in total. The largest absolute Gasteiger partial charge is 0.466 e. The topological polar surface area (TPSA) is 63.7 Å². The van der Waals surface area contributed by atoms with Gasteiger partial charge in [0.15, 0.2) is 0 Å². The second-order valence-corrected chi connectivity index (χ2v) is 11.0. The summed E-state index contributed by atoms with van der Waals surface area (Å²) in [5, 5.41) is 1.03. The lowest BCUT2D eigenvalue weighted by atomic mass is 9.82. The minimum Gasteiger partial charge on any atom is -0.466 e. The quantitative estimate of drug-likeness (QED) is 0.428.